The molecule has 0 aliphatic rings. The fourth-order valence-electron chi connectivity index (χ4n) is 4.13. The van der Waals surface area contributed by atoms with Gasteiger partial charge in [0.2, 0.25) is 5.91 Å². The zero-order chi connectivity index (χ0) is 29.4. The summed E-state index contributed by atoms with van der Waals surface area (Å²) in [6.45, 7) is 14.7. The van der Waals surface area contributed by atoms with Gasteiger partial charge in [0.25, 0.3) is 0 Å². The van der Waals surface area contributed by atoms with Gasteiger partial charge in [0, 0.05) is 45.3 Å². The predicted molar refractivity (Wildman–Crippen MR) is 155 cm³/mol. The highest BCUT2D eigenvalue weighted by atomic mass is 35.5. The predicted octanol–water partition coefficient (Wildman–Crippen LogP) is 5.57. The fraction of sp³-hybridized carbons (Fsp3) is 0.500. The Morgan fingerprint density at radius 3 is 2.70 bits per heavy atom. The van der Waals surface area contributed by atoms with Crippen molar-refractivity contribution in [2.24, 2.45) is 0 Å². The Bertz CT molecular complexity index is 1320. The van der Waals surface area contributed by atoms with E-state index in [-0.39, 0.29) is 35.1 Å². The van der Waals surface area contributed by atoms with E-state index in [1.54, 1.807) is 23.0 Å². The third-order valence-electron chi connectivity index (χ3n) is 6.16. The first-order valence-electron chi connectivity index (χ1n) is 13.4. The lowest BCUT2D eigenvalue weighted by Gasteiger charge is -2.17. The SMILES string of the molecule is CCOC(C)c1nc(CC(=O)N[C@@H](C)Cn2ccc(-c3cc(F)c(C#N)c(Cl)c3)n2)cn1COCC[Si](C)(C)C. The molecule has 1 unspecified atom stereocenters. The smallest absolute Gasteiger partial charge is 0.226 e. The van der Waals surface area contributed by atoms with Gasteiger partial charge in [-0.3, -0.25) is 9.48 Å². The molecule has 3 rings (SSSR count). The molecule has 0 bridgehead atoms. The zero-order valence-corrected chi connectivity index (χ0v) is 25.8. The highest BCUT2D eigenvalue weighted by Crippen LogP contribution is 2.27. The average Bonchev–Trinajstić information content (AvgIpc) is 3.48. The number of aromatic nitrogens is 4. The van der Waals surface area contributed by atoms with Gasteiger partial charge in [-0.15, -0.1) is 0 Å². The molecule has 0 aliphatic carbocycles. The van der Waals surface area contributed by atoms with Crippen molar-refractivity contribution in [3.63, 3.8) is 0 Å². The maximum Gasteiger partial charge on any atom is 0.226 e. The number of nitrogens with zero attached hydrogens (tertiary/aromatic N) is 5. The van der Waals surface area contributed by atoms with E-state index in [9.17, 15) is 9.18 Å². The van der Waals surface area contributed by atoms with Crippen molar-refractivity contribution in [3.8, 4) is 17.3 Å². The molecule has 0 aliphatic heterocycles. The van der Waals surface area contributed by atoms with Crippen LogP contribution in [0.4, 0.5) is 4.39 Å². The highest BCUT2D eigenvalue weighted by Gasteiger charge is 2.19. The van der Waals surface area contributed by atoms with Gasteiger partial charge in [-0.1, -0.05) is 31.2 Å². The summed E-state index contributed by atoms with van der Waals surface area (Å²) in [6, 6.07) is 7.07. The molecule has 9 nitrogen and oxygen atoms in total. The van der Waals surface area contributed by atoms with Crippen LogP contribution in [0, 0.1) is 17.1 Å². The number of imidazole rings is 1. The molecule has 40 heavy (non-hydrogen) atoms. The van der Waals surface area contributed by atoms with Gasteiger partial charge in [0.15, 0.2) is 0 Å². The summed E-state index contributed by atoms with van der Waals surface area (Å²) in [7, 11) is -1.19. The summed E-state index contributed by atoms with van der Waals surface area (Å²) in [5, 5.41) is 16.5. The van der Waals surface area contributed by atoms with E-state index in [1.807, 2.05) is 31.5 Å². The number of hydrogen-bond acceptors (Lipinski definition) is 6. The van der Waals surface area contributed by atoms with E-state index >= 15 is 0 Å². The minimum Gasteiger partial charge on any atom is -0.371 e. The van der Waals surface area contributed by atoms with Crippen LogP contribution >= 0.6 is 11.6 Å². The number of nitrogens with one attached hydrogen (secondary N) is 1. The quantitative estimate of drug-likeness (QED) is 0.195. The van der Waals surface area contributed by atoms with Crippen LogP contribution in [0.15, 0.2) is 30.6 Å². The van der Waals surface area contributed by atoms with Gasteiger partial charge in [-0.05, 0) is 45.0 Å². The molecule has 2 aromatic heterocycles. The third-order valence-corrected chi connectivity index (χ3v) is 8.17. The molecule has 1 aromatic carbocycles. The number of rotatable bonds is 14. The average molecular weight is 589 g/mol. The Kier molecular flexibility index (Phi) is 11.0. The van der Waals surface area contributed by atoms with E-state index in [1.165, 1.54) is 12.1 Å². The largest absolute Gasteiger partial charge is 0.371 e. The fourth-order valence-corrected chi connectivity index (χ4v) is 5.13. The number of halogens is 2. The number of amides is 1. The summed E-state index contributed by atoms with van der Waals surface area (Å²) < 4.78 is 29.4. The molecule has 216 valence electrons. The standard InChI is InChI=1S/C28H38ClFN6O3Si/c1-7-39-20(3)28-33-22(17-35(28)18-38-10-11-40(4,5)6)14-27(37)32-19(2)16-36-9-8-26(34-36)21-12-24(29)23(15-31)25(30)13-21/h8-9,12-13,17,19-20H,7,10-11,14,16,18H2,1-6H3,(H,32,37)/t19-,20?/m0/s1. The van der Waals surface area contributed by atoms with Crippen molar-refractivity contribution in [3.05, 3.63) is 58.5 Å². The first kappa shape index (κ1) is 31.5. The second-order valence-corrected chi connectivity index (χ2v) is 17.0. The van der Waals surface area contributed by atoms with E-state index in [0.717, 1.165) is 11.9 Å². The van der Waals surface area contributed by atoms with Gasteiger partial charge in [-0.25, -0.2) is 9.37 Å². The number of ether oxygens (including phenoxy) is 2. The number of carbonyl (C=O) groups is 1. The van der Waals surface area contributed by atoms with E-state index in [2.05, 4.69) is 35.0 Å². The van der Waals surface area contributed by atoms with Crippen molar-refractivity contribution >= 4 is 25.6 Å². The van der Waals surface area contributed by atoms with Crippen LogP contribution in [0.3, 0.4) is 0 Å². The second kappa shape index (κ2) is 14.0. The van der Waals surface area contributed by atoms with Crippen molar-refractivity contribution in [2.75, 3.05) is 13.2 Å². The summed E-state index contributed by atoms with van der Waals surface area (Å²) >= 11 is 6.03. The van der Waals surface area contributed by atoms with Gasteiger partial charge in [-0.2, -0.15) is 10.4 Å². The van der Waals surface area contributed by atoms with Crippen LogP contribution in [-0.4, -0.2) is 52.6 Å². The lowest BCUT2D eigenvalue weighted by molar-refractivity contribution is -0.121. The molecule has 1 N–H and O–H groups in total. The molecule has 1 amide bonds. The second-order valence-electron chi connectivity index (χ2n) is 11.0. The first-order valence-corrected chi connectivity index (χ1v) is 17.5. The van der Waals surface area contributed by atoms with Crippen LogP contribution in [0.2, 0.25) is 30.7 Å². The van der Waals surface area contributed by atoms with Gasteiger partial charge in [0.05, 0.1) is 29.4 Å². The zero-order valence-electron chi connectivity index (χ0n) is 24.0. The van der Waals surface area contributed by atoms with Crippen molar-refractivity contribution in [1.82, 2.24) is 24.6 Å². The molecule has 12 heteroatoms. The van der Waals surface area contributed by atoms with E-state index < -0.39 is 13.9 Å². The minimum atomic E-state index is -1.19. The van der Waals surface area contributed by atoms with Crippen LogP contribution < -0.4 is 5.32 Å². The summed E-state index contributed by atoms with van der Waals surface area (Å²) in [5.41, 5.74) is 1.42. The molecule has 0 saturated heterocycles. The monoisotopic (exact) mass is 588 g/mol. The number of carbonyl (C=O) groups excluding carboxylic acids is 1. The molecule has 0 fully saturated rings. The van der Waals surface area contributed by atoms with Crippen LogP contribution in [0.1, 0.15) is 44.0 Å². The maximum atomic E-state index is 14.2. The summed E-state index contributed by atoms with van der Waals surface area (Å²) in [5.74, 6) is -0.130. The van der Waals surface area contributed by atoms with Crippen LogP contribution in [0.25, 0.3) is 11.3 Å². The molecule has 2 atom stereocenters. The molecule has 0 spiro atoms. The topological polar surface area (TPSA) is 107 Å². The molecule has 2 heterocycles. The van der Waals surface area contributed by atoms with E-state index in [0.29, 0.717) is 43.4 Å². The minimum absolute atomic E-state index is 0.0343. The lowest BCUT2D eigenvalue weighted by Crippen LogP contribution is -2.36. The lowest BCUT2D eigenvalue weighted by atomic mass is 10.1. The number of hydrogen-bond donors (Lipinski definition) is 1. The van der Waals surface area contributed by atoms with Crippen LogP contribution in [-0.2, 0) is 34.0 Å². The van der Waals surface area contributed by atoms with Crippen molar-refractivity contribution < 1.29 is 18.7 Å². The van der Waals surface area contributed by atoms with E-state index in [4.69, 9.17) is 26.3 Å². The molecular weight excluding hydrogens is 551 g/mol. The Hall–Kier alpha value is -3.04. The number of benzene rings is 1. The highest BCUT2D eigenvalue weighted by molar-refractivity contribution is 6.76. The normalized spacial score (nSPS) is 13.2. The molecule has 3 aromatic rings. The molecular formula is C28H38ClFN6O3Si. The van der Waals surface area contributed by atoms with Gasteiger partial charge < -0.3 is 19.4 Å². The van der Waals surface area contributed by atoms with Crippen molar-refractivity contribution in [2.45, 2.75) is 78.3 Å². The third kappa shape index (κ3) is 8.99. The van der Waals surface area contributed by atoms with Gasteiger partial charge >= 0.3 is 0 Å². The Labute approximate surface area is 241 Å². The Morgan fingerprint density at radius 2 is 2.05 bits per heavy atom. The summed E-state index contributed by atoms with van der Waals surface area (Å²) in [4.78, 5) is 17.5. The molecule has 0 saturated carbocycles. The maximum absolute atomic E-state index is 14.2. The van der Waals surface area contributed by atoms with Crippen LogP contribution in [0.5, 0.6) is 0 Å². The summed E-state index contributed by atoms with van der Waals surface area (Å²) in [6.07, 6.45) is 3.49. The first-order chi connectivity index (χ1) is 18.9. The Morgan fingerprint density at radius 1 is 1.30 bits per heavy atom. The molecule has 0 radical (unpaired) electrons. The van der Waals surface area contributed by atoms with Gasteiger partial charge in [0.1, 0.15) is 36.1 Å². The van der Waals surface area contributed by atoms with Crippen molar-refractivity contribution in [1.29, 1.82) is 5.26 Å². The number of nitriles is 1. The Balaban J connectivity index is 1.60.